The number of amides is 1. The van der Waals surface area contributed by atoms with E-state index < -0.39 is 10.0 Å². The SMILES string of the molecule is COc1ccc(C)c(Nc2nc3ccccc3nc2NS(=O)(=O)c2cccc(NC(=O)CN(C)C)c2)c1. The number of fused-ring (bicyclic) bond motifs is 1. The second-order valence-corrected chi connectivity index (χ2v) is 10.3. The second-order valence-electron chi connectivity index (χ2n) is 8.63. The molecule has 192 valence electrons. The molecular weight excluding hydrogens is 492 g/mol. The normalized spacial score (nSPS) is 11.4. The van der Waals surface area contributed by atoms with Crippen molar-refractivity contribution in [2.75, 3.05) is 43.1 Å². The maximum Gasteiger partial charge on any atom is 0.263 e. The van der Waals surface area contributed by atoms with Crippen molar-refractivity contribution in [2.24, 2.45) is 0 Å². The molecule has 3 aromatic carbocycles. The summed E-state index contributed by atoms with van der Waals surface area (Å²) < 4.78 is 34.6. The minimum atomic E-state index is -4.08. The molecule has 10 nitrogen and oxygen atoms in total. The highest BCUT2D eigenvalue weighted by Gasteiger charge is 2.20. The van der Waals surface area contributed by atoms with Crippen LogP contribution >= 0.6 is 0 Å². The molecule has 4 rings (SSSR count). The highest BCUT2D eigenvalue weighted by atomic mass is 32.2. The summed E-state index contributed by atoms with van der Waals surface area (Å²) in [5.41, 5.74) is 3.09. The van der Waals surface area contributed by atoms with Crippen LogP contribution in [-0.2, 0) is 14.8 Å². The van der Waals surface area contributed by atoms with Crippen molar-refractivity contribution in [2.45, 2.75) is 11.8 Å². The first-order chi connectivity index (χ1) is 17.6. The van der Waals surface area contributed by atoms with Crippen LogP contribution in [0.25, 0.3) is 11.0 Å². The number of ether oxygens (including phenoxy) is 1. The van der Waals surface area contributed by atoms with Gasteiger partial charge in [0.2, 0.25) is 5.91 Å². The zero-order valence-electron chi connectivity index (χ0n) is 20.9. The van der Waals surface area contributed by atoms with Gasteiger partial charge in [0.15, 0.2) is 11.6 Å². The molecule has 0 aliphatic carbocycles. The molecule has 3 N–H and O–H groups in total. The van der Waals surface area contributed by atoms with E-state index in [4.69, 9.17) is 4.74 Å². The van der Waals surface area contributed by atoms with Gasteiger partial charge < -0.3 is 20.3 Å². The van der Waals surface area contributed by atoms with Crippen molar-refractivity contribution in [3.63, 3.8) is 0 Å². The Bertz CT molecular complexity index is 1560. The van der Waals surface area contributed by atoms with E-state index >= 15 is 0 Å². The molecular formula is C26H28N6O4S. The Labute approximate surface area is 215 Å². The number of nitrogens with zero attached hydrogens (tertiary/aromatic N) is 3. The minimum Gasteiger partial charge on any atom is -0.497 e. The number of hydrogen-bond donors (Lipinski definition) is 3. The zero-order valence-corrected chi connectivity index (χ0v) is 21.8. The summed E-state index contributed by atoms with van der Waals surface area (Å²) >= 11 is 0. The first kappa shape index (κ1) is 25.9. The molecule has 4 aromatic rings. The van der Waals surface area contributed by atoms with Crippen LogP contribution in [0.2, 0.25) is 0 Å². The van der Waals surface area contributed by atoms with E-state index in [1.54, 1.807) is 62.5 Å². The smallest absolute Gasteiger partial charge is 0.263 e. The molecule has 0 fully saturated rings. The Kier molecular flexibility index (Phi) is 7.55. The molecule has 37 heavy (non-hydrogen) atoms. The Morgan fingerprint density at radius 1 is 0.946 bits per heavy atom. The lowest BCUT2D eigenvalue weighted by Crippen LogP contribution is -2.27. The zero-order chi connectivity index (χ0) is 26.6. The van der Waals surface area contributed by atoms with Crippen molar-refractivity contribution >= 4 is 50.0 Å². The molecule has 11 heteroatoms. The predicted octanol–water partition coefficient (Wildman–Crippen LogP) is 3.99. The van der Waals surface area contributed by atoms with E-state index in [9.17, 15) is 13.2 Å². The number of methoxy groups -OCH3 is 1. The molecule has 0 radical (unpaired) electrons. The quantitative estimate of drug-likeness (QED) is 0.303. The van der Waals surface area contributed by atoms with Gasteiger partial charge in [-0.25, -0.2) is 18.4 Å². The number of benzene rings is 3. The average Bonchev–Trinajstić information content (AvgIpc) is 2.85. The van der Waals surface area contributed by atoms with Crippen molar-refractivity contribution in [1.29, 1.82) is 0 Å². The molecule has 1 heterocycles. The van der Waals surface area contributed by atoms with E-state index in [-0.39, 0.29) is 29.0 Å². The van der Waals surface area contributed by atoms with Gasteiger partial charge >= 0.3 is 0 Å². The fraction of sp³-hybridized carbons (Fsp3) is 0.192. The third-order valence-corrected chi connectivity index (χ3v) is 6.72. The van der Waals surface area contributed by atoms with Crippen molar-refractivity contribution in [1.82, 2.24) is 14.9 Å². The van der Waals surface area contributed by atoms with E-state index in [0.717, 1.165) is 5.56 Å². The second kappa shape index (κ2) is 10.8. The number of anilines is 4. The van der Waals surface area contributed by atoms with Crippen LogP contribution in [0.1, 0.15) is 5.56 Å². The largest absolute Gasteiger partial charge is 0.497 e. The van der Waals surface area contributed by atoms with Crippen LogP contribution in [0.4, 0.5) is 23.0 Å². The van der Waals surface area contributed by atoms with Crippen LogP contribution < -0.4 is 20.1 Å². The highest BCUT2D eigenvalue weighted by Crippen LogP contribution is 2.30. The molecule has 1 aromatic heterocycles. The van der Waals surface area contributed by atoms with Crippen LogP contribution in [-0.4, -0.2) is 56.9 Å². The summed E-state index contributed by atoms with van der Waals surface area (Å²) in [6, 6.07) is 18.7. The Balaban J connectivity index is 1.70. The summed E-state index contributed by atoms with van der Waals surface area (Å²) in [6.07, 6.45) is 0. The standard InChI is InChI=1S/C26H28N6O4S/c1-17-12-13-19(36-4)15-23(17)30-25-26(29-22-11-6-5-10-21(22)28-25)31-37(34,35)20-9-7-8-18(14-20)27-24(33)16-32(2)3/h5-15H,16H2,1-4H3,(H,27,33)(H,28,30)(H,29,31). The average molecular weight is 521 g/mol. The van der Waals surface area contributed by atoms with Gasteiger partial charge in [0.05, 0.1) is 29.6 Å². The number of nitrogens with one attached hydrogen (secondary N) is 3. The maximum absolute atomic E-state index is 13.4. The number of carbonyl (C=O) groups excluding carboxylic acids is 1. The fourth-order valence-corrected chi connectivity index (χ4v) is 4.62. The minimum absolute atomic E-state index is 0.0305. The van der Waals surface area contributed by atoms with Gasteiger partial charge in [0, 0.05) is 17.4 Å². The van der Waals surface area contributed by atoms with Gasteiger partial charge in [-0.05, 0) is 63.0 Å². The van der Waals surface area contributed by atoms with Gasteiger partial charge in [-0.2, -0.15) is 0 Å². The number of likely N-dealkylation sites (N-methyl/N-ethyl adjacent to an activating group) is 1. The van der Waals surface area contributed by atoms with E-state index in [0.29, 0.717) is 28.2 Å². The van der Waals surface area contributed by atoms with Crippen molar-refractivity contribution < 1.29 is 17.9 Å². The Morgan fingerprint density at radius 2 is 1.65 bits per heavy atom. The number of aryl methyl sites for hydroxylation is 1. The van der Waals surface area contributed by atoms with Gasteiger partial charge in [0.1, 0.15) is 5.75 Å². The van der Waals surface area contributed by atoms with Gasteiger partial charge in [-0.15, -0.1) is 0 Å². The summed E-state index contributed by atoms with van der Waals surface area (Å²) in [5, 5.41) is 5.91. The third-order valence-electron chi connectivity index (χ3n) is 5.39. The lowest BCUT2D eigenvalue weighted by atomic mass is 10.2. The van der Waals surface area contributed by atoms with E-state index in [1.807, 2.05) is 25.1 Å². The molecule has 1 amide bonds. The number of hydrogen-bond acceptors (Lipinski definition) is 8. The Morgan fingerprint density at radius 3 is 2.32 bits per heavy atom. The molecule has 0 saturated carbocycles. The number of sulfonamides is 1. The van der Waals surface area contributed by atoms with E-state index in [1.165, 1.54) is 12.1 Å². The first-order valence-electron chi connectivity index (χ1n) is 11.4. The molecule has 0 saturated heterocycles. The molecule has 0 unspecified atom stereocenters. The van der Waals surface area contributed by atoms with Gasteiger partial charge in [-0.1, -0.05) is 24.3 Å². The summed E-state index contributed by atoms with van der Waals surface area (Å²) in [5.74, 6) is 0.641. The van der Waals surface area contributed by atoms with Crippen LogP contribution in [0.3, 0.4) is 0 Å². The number of aromatic nitrogens is 2. The summed E-state index contributed by atoms with van der Waals surface area (Å²) in [4.78, 5) is 23.0. The van der Waals surface area contributed by atoms with Crippen molar-refractivity contribution in [3.05, 3.63) is 72.3 Å². The molecule has 0 bridgehead atoms. The van der Waals surface area contributed by atoms with Crippen molar-refractivity contribution in [3.8, 4) is 5.75 Å². The Hall–Kier alpha value is -4.22. The lowest BCUT2D eigenvalue weighted by Gasteiger charge is -2.16. The summed E-state index contributed by atoms with van der Waals surface area (Å²) in [6.45, 7) is 2.08. The van der Waals surface area contributed by atoms with Crippen LogP contribution in [0.5, 0.6) is 5.75 Å². The fourth-order valence-electron chi connectivity index (χ4n) is 3.56. The number of carbonyl (C=O) groups is 1. The molecule has 0 spiro atoms. The van der Waals surface area contributed by atoms with Crippen LogP contribution in [0.15, 0.2) is 71.6 Å². The topological polar surface area (TPSA) is 126 Å². The first-order valence-corrected chi connectivity index (χ1v) is 12.9. The predicted molar refractivity (Wildman–Crippen MR) is 145 cm³/mol. The molecule has 0 aliphatic rings. The van der Waals surface area contributed by atoms with Gasteiger partial charge in [0.25, 0.3) is 10.0 Å². The number of rotatable bonds is 9. The van der Waals surface area contributed by atoms with Gasteiger partial charge in [-0.3, -0.25) is 9.52 Å². The summed E-state index contributed by atoms with van der Waals surface area (Å²) in [7, 11) is 1.03. The number of para-hydroxylation sites is 2. The lowest BCUT2D eigenvalue weighted by molar-refractivity contribution is -0.116. The van der Waals surface area contributed by atoms with E-state index in [2.05, 4.69) is 25.3 Å². The highest BCUT2D eigenvalue weighted by molar-refractivity contribution is 7.92. The molecule has 0 aliphatic heterocycles. The molecule has 0 atom stereocenters. The maximum atomic E-state index is 13.4. The monoisotopic (exact) mass is 520 g/mol. The third kappa shape index (κ3) is 6.32. The van der Waals surface area contributed by atoms with Crippen LogP contribution in [0, 0.1) is 6.92 Å².